The molecule has 2 aromatic rings. The Bertz CT molecular complexity index is 957. The number of hydrogen-bond acceptors (Lipinski definition) is 5. The predicted octanol–water partition coefficient (Wildman–Crippen LogP) is 3.30. The van der Waals surface area contributed by atoms with E-state index in [1.165, 1.54) is 13.2 Å². The Balaban J connectivity index is 1.97. The number of nitrogens with zero attached hydrogens (tertiary/aromatic N) is 1. The van der Waals surface area contributed by atoms with Crippen molar-refractivity contribution in [2.24, 2.45) is 0 Å². The lowest BCUT2D eigenvalue weighted by Gasteiger charge is -2.36. The first-order valence-corrected chi connectivity index (χ1v) is 9.70. The van der Waals surface area contributed by atoms with Gasteiger partial charge in [-0.15, -0.1) is 0 Å². The summed E-state index contributed by atoms with van der Waals surface area (Å²) in [5, 5.41) is 12.6. The molecule has 2 aromatic carbocycles. The summed E-state index contributed by atoms with van der Waals surface area (Å²) in [6, 6.07) is 10.8. The fourth-order valence-electron chi connectivity index (χ4n) is 3.61. The van der Waals surface area contributed by atoms with E-state index in [9.17, 15) is 14.7 Å². The summed E-state index contributed by atoms with van der Waals surface area (Å²) in [5.74, 6) is 0.224. The highest BCUT2D eigenvalue weighted by atomic mass is 16.5. The summed E-state index contributed by atoms with van der Waals surface area (Å²) in [6.45, 7) is 5.60. The van der Waals surface area contributed by atoms with Gasteiger partial charge in [0.25, 0.3) is 5.91 Å². The van der Waals surface area contributed by atoms with Crippen LogP contribution in [0.4, 0.5) is 10.5 Å². The molecule has 2 amide bonds. The van der Waals surface area contributed by atoms with Gasteiger partial charge in [0.05, 0.1) is 31.0 Å². The predicted molar refractivity (Wildman–Crippen MR) is 114 cm³/mol. The minimum absolute atomic E-state index is 0.0553. The summed E-state index contributed by atoms with van der Waals surface area (Å²) < 4.78 is 10.4. The van der Waals surface area contributed by atoms with Crippen LogP contribution in [-0.4, -0.2) is 48.4 Å². The molecular weight excluding hydrogens is 384 g/mol. The lowest BCUT2D eigenvalue weighted by atomic mass is 9.93. The van der Waals surface area contributed by atoms with Crippen molar-refractivity contribution in [2.75, 3.05) is 25.6 Å². The van der Waals surface area contributed by atoms with Gasteiger partial charge in [-0.1, -0.05) is 36.9 Å². The Hall–Kier alpha value is -3.32. The van der Waals surface area contributed by atoms with Gasteiger partial charge in [-0.3, -0.25) is 10.1 Å². The van der Waals surface area contributed by atoms with Crippen LogP contribution in [0.2, 0.25) is 0 Å². The highest BCUT2D eigenvalue weighted by Gasteiger charge is 2.31. The second-order valence-corrected chi connectivity index (χ2v) is 7.12. The summed E-state index contributed by atoms with van der Waals surface area (Å²) in [6.07, 6.45) is 1.34. The number of anilines is 1. The van der Waals surface area contributed by atoms with Gasteiger partial charge in [-0.25, -0.2) is 4.79 Å². The van der Waals surface area contributed by atoms with Gasteiger partial charge < -0.3 is 19.5 Å². The van der Waals surface area contributed by atoms with E-state index in [1.54, 1.807) is 17.0 Å². The fourth-order valence-corrected chi connectivity index (χ4v) is 3.61. The quantitative estimate of drug-likeness (QED) is 0.714. The average Bonchev–Trinajstić information content (AvgIpc) is 2.76. The molecule has 0 spiro atoms. The van der Waals surface area contributed by atoms with Gasteiger partial charge in [0, 0.05) is 6.54 Å². The van der Waals surface area contributed by atoms with Crippen LogP contribution < -0.4 is 10.1 Å². The molecule has 2 N–H and O–H groups in total. The van der Waals surface area contributed by atoms with Crippen LogP contribution in [0.3, 0.4) is 0 Å². The number of aryl methyl sites for hydroxylation is 1. The first kappa shape index (κ1) is 21.4. The third-order valence-corrected chi connectivity index (χ3v) is 5.16. The molecule has 1 atom stereocenters. The van der Waals surface area contributed by atoms with Gasteiger partial charge in [0.2, 0.25) is 0 Å². The summed E-state index contributed by atoms with van der Waals surface area (Å²) in [5.41, 5.74) is 3.51. The second-order valence-electron chi connectivity index (χ2n) is 7.12. The highest BCUT2D eigenvalue weighted by molar-refractivity contribution is 6.03. The van der Waals surface area contributed by atoms with Crippen molar-refractivity contribution in [3.8, 4) is 5.75 Å². The van der Waals surface area contributed by atoms with Crippen LogP contribution in [0.5, 0.6) is 5.75 Å². The Labute approximate surface area is 175 Å². The minimum Gasteiger partial charge on any atom is -0.496 e. The second kappa shape index (κ2) is 9.45. The van der Waals surface area contributed by atoms with E-state index >= 15 is 0 Å². The first-order valence-electron chi connectivity index (χ1n) is 9.70. The van der Waals surface area contributed by atoms with Crippen molar-refractivity contribution < 1.29 is 24.2 Å². The molecule has 0 saturated heterocycles. The smallest absolute Gasteiger partial charge is 0.411 e. The van der Waals surface area contributed by atoms with Crippen molar-refractivity contribution in [1.29, 1.82) is 0 Å². The Morgan fingerprint density at radius 2 is 2.03 bits per heavy atom. The molecule has 0 aliphatic carbocycles. The summed E-state index contributed by atoms with van der Waals surface area (Å²) in [7, 11) is 1.52. The van der Waals surface area contributed by atoms with Crippen LogP contribution in [0.1, 0.15) is 27.0 Å². The van der Waals surface area contributed by atoms with Crippen molar-refractivity contribution in [3.05, 3.63) is 71.3 Å². The SMILES string of the molecule is C=CCOC(=O)Nc1cc(C)c(OC)cc1C(=O)N1Cc2ccccc2C[C@H]1CO. The number of hydrogen-bond donors (Lipinski definition) is 2. The standard InChI is InChI=1S/C23H26N2O5/c1-4-9-30-23(28)24-20-10-15(2)21(29-3)12-19(20)22(27)25-13-17-8-6-5-7-16(17)11-18(25)14-26/h4-8,10,12,18,26H,1,9,11,13-14H2,2-3H3,(H,24,28)/t18-/m0/s1. The first-order chi connectivity index (χ1) is 14.5. The molecule has 0 bridgehead atoms. The number of carbonyl (C=O) groups is 2. The summed E-state index contributed by atoms with van der Waals surface area (Å²) >= 11 is 0. The van der Waals surface area contributed by atoms with E-state index in [2.05, 4.69) is 11.9 Å². The van der Waals surface area contributed by atoms with Crippen molar-refractivity contribution in [2.45, 2.75) is 25.9 Å². The zero-order chi connectivity index (χ0) is 21.7. The topological polar surface area (TPSA) is 88.1 Å². The number of nitrogens with one attached hydrogen (secondary N) is 1. The summed E-state index contributed by atoms with van der Waals surface area (Å²) in [4.78, 5) is 27.3. The maximum absolute atomic E-state index is 13.5. The Morgan fingerprint density at radius 1 is 1.30 bits per heavy atom. The number of amides is 2. The van der Waals surface area contributed by atoms with Gasteiger partial charge in [0.1, 0.15) is 12.4 Å². The van der Waals surface area contributed by atoms with Crippen molar-refractivity contribution in [1.82, 2.24) is 4.90 Å². The maximum atomic E-state index is 13.5. The number of aliphatic hydroxyl groups excluding tert-OH is 1. The van der Waals surface area contributed by atoms with E-state index in [0.717, 1.165) is 16.7 Å². The third kappa shape index (κ3) is 4.46. The molecule has 30 heavy (non-hydrogen) atoms. The molecule has 158 valence electrons. The number of fused-ring (bicyclic) bond motifs is 1. The number of aliphatic hydroxyl groups is 1. The van der Waals surface area contributed by atoms with Crippen LogP contribution in [0.15, 0.2) is 49.1 Å². The van der Waals surface area contributed by atoms with Gasteiger partial charge in [0.15, 0.2) is 0 Å². The number of benzene rings is 2. The molecule has 0 fully saturated rings. The minimum atomic E-state index is -0.684. The van der Waals surface area contributed by atoms with Gasteiger partial charge >= 0.3 is 6.09 Å². The molecule has 0 unspecified atom stereocenters. The van der Waals surface area contributed by atoms with E-state index in [1.807, 2.05) is 31.2 Å². The molecule has 0 aromatic heterocycles. The van der Waals surface area contributed by atoms with Crippen LogP contribution in [-0.2, 0) is 17.7 Å². The normalized spacial score (nSPS) is 15.2. The van der Waals surface area contributed by atoms with Crippen LogP contribution in [0.25, 0.3) is 0 Å². The molecule has 7 nitrogen and oxygen atoms in total. The van der Waals surface area contributed by atoms with E-state index in [0.29, 0.717) is 24.4 Å². The Morgan fingerprint density at radius 3 is 2.70 bits per heavy atom. The molecular formula is C23H26N2O5. The average molecular weight is 410 g/mol. The zero-order valence-electron chi connectivity index (χ0n) is 17.2. The van der Waals surface area contributed by atoms with Crippen molar-refractivity contribution in [3.63, 3.8) is 0 Å². The molecule has 1 heterocycles. The molecule has 1 aliphatic heterocycles. The maximum Gasteiger partial charge on any atom is 0.411 e. The molecule has 7 heteroatoms. The van der Waals surface area contributed by atoms with E-state index < -0.39 is 6.09 Å². The number of methoxy groups -OCH3 is 1. The molecule has 1 aliphatic rings. The van der Waals surface area contributed by atoms with Crippen molar-refractivity contribution >= 4 is 17.7 Å². The fraction of sp³-hybridized carbons (Fsp3) is 0.304. The highest BCUT2D eigenvalue weighted by Crippen LogP contribution is 2.31. The lowest BCUT2D eigenvalue weighted by molar-refractivity contribution is 0.0545. The van der Waals surface area contributed by atoms with Crippen LogP contribution in [0, 0.1) is 6.92 Å². The van der Waals surface area contributed by atoms with Gasteiger partial charge in [-0.2, -0.15) is 0 Å². The molecule has 3 rings (SSSR count). The van der Waals surface area contributed by atoms with Crippen LogP contribution >= 0.6 is 0 Å². The third-order valence-electron chi connectivity index (χ3n) is 5.16. The monoisotopic (exact) mass is 410 g/mol. The number of ether oxygens (including phenoxy) is 2. The van der Waals surface area contributed by atoms with E-state index in [4.69, 9.17) is 9.47 Å². The largest absolute Gasteiger partial charge is 0.496 e. The molecule has 0 saturated carbocycles. The van der Waals surface area contributed by atoms with E-state index in [-0.39, 0.29) is 30.7 Å². The number of carbonyl (C=O) groups excluding carboxylic acids is 2. The lowest BCUT2D eigenvalue weighted by Crippen LogP contribution is -2.46. The molecule has 0 radical (unpaired) electrons. The Kier molecular flexibility index (Phi) is 6.74. The zero-order valence-corrected chi connectivity index (χ0v) is 17.2. The van der Waals surface area contributed by atoms with Gasteiger partial charge in [-0.05, 0) is 42.2 Å². The number of rotatable bonds is 6.